The van der Waals surface area contributed by atoms with Crippen LogP contribution in [0.2, 0.25) is 0 Å². The summed E-state index contributed by atoms with van der Waals surface area (Å²) >= 11 is 0. The Balaban J connectivity index is 1.60. The maximum absolute atomic E-state index is 12.1. The molecule has 1 amide bonds. The molecule has 3 nitrogen and oxygen atoms in total. The zero-order valence-corrected chi connectivity index (χ0v) is 12.9. The molecule has 1 aromatic rings. The molecular formula is C18H26N2O. The minimum atomic E-state index is 0.0654. The van der Waals surface area contributed by atoms with E-state index in [0.717, 1.165) is 30.0 Å². The molecule has 114 valence electrons. The summed E-state index contributed by atoms with van der Waals surface area (Å²) in [6, 6.07) is 8.91. The van der Waals surface area contributed by atoms with Crippen LogP contribution in [0.1, 0.15) is 62.2 Å². The van der Waals surface area contributed by atoms with E-state index in [0.29, 0.717) is 12.1 Å². The van der Waals surface area contributed by atoms with Gasteiger partial charge in [-0.3, -0.25) is 4.79 Å². The molecule has 2 aliphatic carbocycles. The lowest BCUT2D eigenvalue weighted by molar-refractivity contribution is 0.0951. The summed E-state index contributed by atoms with van der Waals surface area (Å²) in [5.41, 5.74) is 1.85. The highest BCUT2D eigenvalue weighted by atomic mass is 16.1. The van der Waals surface area contributed by atoms with Gasteiger partial charge in [-0.25, -0.2) is 0 Å². The van der Waals surface area contributed by atoms with Crippen molar-refractivity contribution in [3.8, 4) is 0 Å². The fourth-order valence-electron chi connectivity index (χ4n) is 3.11. The molecule has 0 saturated heterocycles. The van der Waals surface area contributed by atoms with Crippen molar-refractivity contribution in [1.82, 2.24) is 5.32 Å². The minimum absolute atomic E-state index is 0.0654. The normalized spacial score (nSPS) is 26.0. The van der Waals surface area contributed by atoms with Gasteiger partial charge in [0.25, 0.3) is 5.91 Å². The Morgan fingerprint density at radius 2 is 1.86 bits per heavy atom. The van der Waals surface area contributed by atoms with Crippen LogP contribution in [0.5, 0.6) is 0 Å². The lowest BCUT2D eigenvalue weighted by atomic mass is 10.0. The van der Waals surface area contributed by atoms with Gasteiger partial charge in [-0.2, -0.15) is 0 Å². The van der Waals surface area contributed by atoms with Crippen LogP contribution in [0.4, 0.5) is 5.69 Å². The number of nitrogens with one attached hydrogen (secondary N) is 2. The van der Waals surface area contributed by atoms with Crippen molar-refractivity contribution in [2.24, 2.45) is 5.92 Å². The lowest BCUT2D eigenvalue weighted by Gasteiger charge is -2.18. The van der Waals surface area contributed by atoms with E-state index in [1.54, 1.807) is 0 Å². The molecule has 2 N–H and O–H groups in total. The fourth-order valence-corrected chi connectivity index (χ4v) is 3.11. The first kappa shape index (κ1) is 14.4. The molecule has 0 bridgehead atoms. The maximum atomic E-state index is 12.1. The van der Waals surface area contributed by atoms with Gasteiger partial charge in [0.1, 0.15) is 0 Å². The topological polar surface area (TPSA) is 41.1 Å². The number of anilines is 1. The average Bonchev–Trinajstić information content (AvgIpc) is 3.29. The van der Waals surface area contributed by atoms with Gasteiger partial charge in [0, 0.05) is 23.3 Å². The van der Waals surface area contributed by atoms with E-state index < -0.39 is 0 Å². The van der Waals surface area contributed by atoms with Crippen LogP contribution in [-0.4, -0.2) is 18.0 Å². The number of benzene rings is 1. The van der Waals surface area contributed by atoms with Crippen molar-refractivity contribution in [2.75, 3.05) is 5.32 Å². The molecule has 0 radical (unpaired) electrons. The number of hydrogen-bond donors (Lipinski definition) is 2. The molecule has 21 heavy (non-hydrogen) atoms. The molecule has 0 heterocycles. The molecule has 2 aliphatic rings. The van der Waals surface area contributed by atoms with Crippen LogP contribution in [0.25, 0.3) is 0 Å². The number of amides is 1. The molecule has 0 aliphatic heterocycles. The van der Waals surface area contributed by atoms with E-state index in [2.05, 4.69) is 23.6 Å². The first-order valence-corrected chi connectivity index (χ1v) is 8.38. The fraction of sp³-hybridized carbons (Fsp3) is 0.611. The lowest BCUT2D eigenvalue weighted by Crippen LogP contribution is -2.25. The largest absolute Gasteiger partial charge is 0.382 e. The minimum Gasteiger partial charge on any atom is -0.382 e. The molecule has 2 fully saturated rings. The van der Waals surface area contributed by atoms with Gasteiger partial charge >= 0.3 is 0 Å². The van der Waals surface area contributed by atoms with Crippen LogP contribution < -0.4 is 10.6 Å². The number of carbonyl (C=O) groups excluding carboxylic acids is 1. The third kappa shape index (κ3) is 4.23. The highest BCUT2D eigenvalue weighted by molar-refractivity contribution is 5.95. The van der Waals surface area contributed by atoms with Gasteiger partial charge in [-0.15, -0.1) is 0 Å². The molecule has 0 spiro atoms. The van der Waals surface area contributed by atoms with Crippen LogP contribution in [0, 0.1) is 5.92 Å². The molecule has 0 aromatic heterocycles. The van der Waals surface area contributed by atoms with Gasteiger partial charge in [0.05, 0.1) is 0 Å². The van der Waals surface area contributed by atoms with Crippen molar-refractivity contribution >= 4 is 11.6 Å². The van der Waals surface area contributed by atoms with Gasteiger partial charge in [-0.05, 0) is 56.2 Å². The van der Waals surface area contributed by atoms with Crippen molar-refractivity contribution in [3.05, 3.63) is 29.8 Å². The summed E-state index contributed by atoms with van der Waals surface area (Å²) in [6.45, 7) is 2.35. The first-order chi connectivity index (χ1) is 10.2. The molecule has 2 unspecified atom stereocenters. The molecule has 3 rings (SSSR count). The van der Waals surface area contributed by atoms with E-state index >= 15 is 0 Å². The third-order valence-corrected chi connectivity index (χ3v) is 4.67. The Labute approximate surface area is 127 Å². The van der Waals surface area contributed by atoms with Crippen molar-refractivity contribution in [3.63, 3.8) is 0 Å². The second-order valence-electron chi connectivity index (χ2n) is 6.78. The molecular weight excluding hydrogens is 260 g/mol. The summed E-state index contributed by atoms with van der Waals surface area (Å²) in [7, 11) is 0. The standard InChI is InChI=1S/C18H26N2O/c1-13-4-2-6-15(9-8-13)19-17-7-3-5-14(12-17)18(21)20-16-10-11-16/h3,5,7,12-13,15-16,19H,2,4,6,8-11H2,1H3,(H,20,21). The van der Waals surface area contributed by atoms with Gasteiger partial charge in [0.15, 0.2) is 0 Å². The molecule has 2 atom stereocenters. The Morgan fingerprint density at radius 3 is 2.67 bits per heavy atom. The van der Waals surface area contributed by atoms with E-state index in [4.69, 9.17) is 0 Å². The van der Waals surface area contributed by atoms with Crippen LogP contribution in [-0.2, 0) is 0 Å². The van der Waals surface area contributed by atoms with Crippen molar-refractivity contribution in [2.45, 2.75) is 64.0 Å². The number of rotatable bonds is 4. The summed E-state index contributed by atoms with van der Waals surface area (Å²) in [5, 5.41) is 6.68. The van der Waals surface area contributed by atoms with Gasteiger partial charge in [0.2, 0.25) is 0 Å². The Bertz CT molecular complexity index is 496. The SMILES string of the molecule is CC1CCCC(Nc2cccc(C(=O)NC3CC3)c2)CC1. The van der Waals surface area contributed by atoms with Crippen LogP contribution in [0.15, 0.2) is 24.3 Å². The zero-order chi connectivity index (χ0) is 14.7. The molecule has 2 saturated carbocycles. The second kappa shape index (κ2) is 6.50. The van der Waals surface area contributed by atoms with Crippen LogP contribution in [0.3, 0.4) is 0 Å². The first-order valence-electron chi connectivity index (χ1n) is 8.38. The Kier molecular flexibility index (Phi) is 4.47. The predicted molar refractivity (Wildman–Crippen MR) is 86.6 cm³/mol. The van der Waals surface area contributed by atoms with Gasteiger partial charge in [-0.1, -0.05) is 25.8 Å². The van der Waals surface area contributed by atoms with E-state index in [1.807, 2.05) is 18.2 Å². The smallest absolute Gasteiger partial charge is 0.251 e. The molecule has 3 heteroatoms. The van der Waals surface area contributed by atoms with Gasteiger partial charge < -0.3 is 10.6 Å². The Hall–Kier alpha value is -1.51. The number of hydrogen-bond acceptors (Lipinski definition) is 2. The number of carbonyl (C=O) groups is 1. The Morgan fingerprint density at radius 1 is 1.05 bits per heavy atom. The monoisotopic (exact) mass is 286 g/mol. The summed E-state index contributed by atoms with van der Waals surface area (Å²) < 4.78 is 0. The predicted octanol–water partition coefficient (Wildman–Crippen LogP) is 3.96. The van der Waals surface area contributed by atoms with Crippen molar-refractivity contribution in [1.29, 1.82) is 0 Å². The highest BCUT2D eigenvalue weighted by Crippen LogP contribution is 2.25. The van der Waals surface area contributed by atoms with Crippen molar-refractivity contribution < 1.29 is 4.79 Å². The summed E-state index contributed by atoms with van der Waals surface area (Å²) in [4.78, 5) is 12.1. The second-order valence-corrected chi connectivity index (χ2v) is 6.78. The zero-order valence-electron chi connectivity index (χ0n) is 12.9. The summed E-state index contributed by atoms with van der Waals surface area (Å²) in [5.74, 6) is 0.920. The van der Waals surface area contributed by atoms with Crippen LogP contribution >= 0.6 is 0 Å². The van der Waals surface area contributed by atoms with E-state index in [9.17, 15) is 4.79 Å². The quantitative estimate of drug-likeness (QED) is 0.823. The average molecular weight is 286 g/mol. The third-order valence-electron chi connectivity index (χ3n) is 4.67. The summed E-state index contributed by atoms with van der Waals surface area (Å²) in [6.07, 6.45) is 8.69. The molecule has 1 aromatic carbocycles. The van der Waals surface area contributed by atoms with E-state index in [1.165, 1.54) is 32.1 Å². The highest BCUT2D eigenvalue weighted by Gasteiger charge is 2.24. The maximum Gasteiger partial charge on any atom is 0.251 e. The van der Waals surface area contributed by atoms with E-state index in [-0.39, 0.29) is 5.91 Å².